The molecule has 2 rings (SSSR count). The topological polar surface area (TPSA) is 118 Å². The van der Waals surface area contributed by atoms with Crippen molar-refractivity contribution < 1.29 is 18.0 Å². The lowest BCUT2D eigenvalue weighted by Gasteiger charge is -2.09. The first-order chi connectivity index (χ1) is 11.3. The maximum absolute atomic E-state index is 12.2. The van der Waals surface area contributed by atoms with Crippen LogP contribution in [0.1, 0.15) is 27.6 Å². The molecule has 0 radical (unpaired) electrons. The van der Waals surface area contributed by atoms with Crippen LogP contribution >= 0.6 is 0 Å². The molecule has 0 aliphatic carbocycles. The Morgan fingerprint density at radius 2 is 1.67 bits per heavy atom. The number of nitrogens with one attached hydrogen (secondary N) is 2. The molecule has 8 heteroatoms. The summed E-state index contributed by atoms with van der Waals surface area (Å²) < 4.78 is 26.1. The zero-order chi connectivity index (χ0) is 17.7. The van der Waals surface area contributed by atoms with Crippen LogP contribution in [0.2, 0.25) is 0 Å². The van der Waals surface area contributed by atoms with Crippen LogP contribution in [0.3, 0.4) is 0 Å². The van der Waals surface area contributed by atoms with Crippen molar-refractivity contribution in [3.05, 3.63) is 59.7 Å². The number of para-hydroxylation sites is 1. The maximum Gasteiger partial charge on any atom is 0.255 e. The summed E-state index contributed by atoms with van der Waals surface area (Å²) in [4.78, 5) is 23.7. The molecule has 2 amide bonds. The molecule has 0 spiro atoms. The molecule has 0 atom stereocenters. The van der Waals surface area contributed by atoms with Gasteiger partial charge in [-0.1, -0.05) is 19.1 Å². The van der Waals surface area contributed by atoms with Crippen molar-refractivity contribution in [1.29, 1.82) is 0 Å². The Balaban J connectivity index is 2.21. The molecule has 0 aliphatic heterocycles. The van der Waals surface area contributed by atoms with Gasteiger partial charge in [0.05, 0.1) is 16.1 Å². The van der Waals surface area contributed by atoms with Gasteiger partial charge in [-0.25, -0.2) is 13.1 Å². The predicted molar refractivity (Wildman–Crippen MR) is 90.2 cm³/mol. The van der Waals surface area contributed by atoms with Crippen molar-refractivity contribution in [2.45, 2.75) is 11.8 Å². The van der Waals surface area contributed by atoms with Gasteiger partial charge in [0.2, 0.25) is 10.0 Å². The fraction of sp³-hybridized carbons (Fsp3) is 0.125. The minimum absolute atomic E-state index is 0.0680. The number of anilines is 1. The molecule has 24 heavy (non-hydrogen) atoms. The van der Waals surface area contributed by atoms with Crippen LogP contribution in [0, 0.1) is 0 Å². The lowest BCUT2D eigenvalue weighted by molar-refractivity contribution is 0.100. The van der Waals surface area contributed by atoms with E-state index in [-0.39, 0.29) is 22.6 Å². The average Bonchev–Trinajstić information content (AvgIpc) is 2.55. The zero-order valence-electron chi connectivity index (χ0n) is 12.9. The van der Waals surface area contributed by atoms with Gasteiger partial charge in [0.25, 0.3) is 11.8 Å². The Bertz CT molecular complexity index is 861. The molecule has 126 valence electrons. The summed E-state index contributed by atoms with van der Waals surface area (Å²) in [6.07, 6.45) is 0. The third kappa shape index (κ3) is 3.98. The predicted octanol–water partition coefficient (Wildman–Crippen LogP) is 1.34. The number of amides is 2. The van der Waals surface area contributed by atoms with Gasteiger partial charge in [0.1, 0.15) is 0 Å². The van der Waals surface area contributed by atoms with Crippen molar-refractivity contribution >= 4 is 27.5 Å². The highest BCUT2D eigenvalue weighted by atomic mass is 32.2. The van der Waals surface area contributed by atoms with Gasteiger partial charge in [0, 0.05) is 12.1 Å². The normalized spacial score (nSPS) is 11.0. The molecule has 0 fully saturated rings. The van der Waals surface area contributed by atoms with Crippen LogP contribution in [0.4, 0.5) is 5.69 Å². The second-order valence-corrected chi connectivity index (χ2v) is 6.66. The Morgan fingerprint density at radius 1 is 1.04 bits per heavy atom. The molecular formula is C16H17N3O4S. The summed E-state index contributed by atoms with van der Waals surface area (Å²) in [5.74, 6) is -1.13. The van der Waals surface area contributed by atoms with Crippen LogP contribution in [-0.4, -0.2) is 26.8 Å². The van der Waals surface area contributed by atoms with E-state index >= 15 is 0 Å². The van der Waals surface area contributed by atoms with Crippen LogP contribution in [-0.2, 0) is 10.0 Å². The van der Waals surface area contributed by atoms with E-state index in [4.69, 9.17) is 5.73 Å². The molecule has 0 saturated carbocycles. The Morgan fingerprint density at radius 3 is 2.25 bits per heavy atom. The molecule has 0 saturated heterocycles. The molecule has 0 unspecified atom stereocenters. The van der Waals surface area contributed by atoms with Crippen LogP contribution in [0.5, 0.6) is 0 Å². The number of carbonyl (C=O) groups is 2. The Hall–Kier alpha value is -2.71. The van der Waals surface area contributed by atoms with E-state index < -0.39 is 21.8 Å². The molecule has 0 heterocycles. The molecule has 4 N–H and O–H groups in total. The van der Waals surface area contributed by atoms with Crippen molar-refractivity contribution in [1.82, 2.24) is 4.72 Å². The van der Waals surface area contributed by atoms with Gasteiger partial charge < -0.3 is 11.1 Å². The summed E-state index contributed by atoms with van der Waals surface area (Å²) in [5.41, 5.74) is 6.00. The number of hydrogen-bond donors (Lipinski definition) is 3. The minimum Gasteiger partial charge on any atom is -0.366 e. The molecule has 0 bridgehead atoms. The second-order valence-electron chi connectivity index (χ2n) is 4.89. The first kappa shape index (κ1) is 17.6. The van der Waals surface area contributed by atoms with E-state index in [2.05, 4.69) is 10.0 Å². The summed E-state index contributed by atoms with van der Waals surface area (Å²) >= 11 is 0. The van der Waals surface area contributed by atoms with E-state index in [0.29, 0.717) is 5.69 Å². The van der Waals surface area contributed by atoms with Crippen molar-refractivity contribution in [2.24, 2.45) is 5.73 Å². The standard InChI is InChI=1S/C16H17N3O4S/c1-2-18-24(22,23)12-9-7-11(8-10-12)16(21)19-14-6-4-3-5-13(14)15(17)20/h3-10,18H,2H2,1H3,(H2,17,20)(H,19,21). The van der Waals surface area contributed by atoms with Crippen molar-refractivity contribution in [2.75, 3.05) is 11.9 Å². The molecule has 2 aromatic carbocycles. The van der Waals surface area contributed by atoms with Crippen LogP contribution in [0.15, 0.2) is 53.4 Å². The summed E-state index contributed by atoms with van der Waals surface area (Å²) in [6, 6.07) is 11.8. The smallest absolute Gasteiger partial charge is 0.255 e. The largest absolute Gasteiger partial charge is 0.366 e. The van der Waals surface area contributed by atoms with Gasteiger partial charge >= 0.3 is 0 Å². The van der Waals surface area contributed by atoms with Gasteiger partial charge in [-0.05, 0) is 36.4 Å². The van der Waals surface area contributed by atoms with Crippen LogP contribution < -0.4 is 15.8 Å². The van der Waals surface area contributed by atoms with E-state index in [1.54, 1.807) is 25.1 Å². The zero-order valence-corrected chi connectivity index (χ0v) is 13.8. The van der Waals surface area contributed by atoms with Crippen molar-refractivity contribution in [3.63, 3.8) is 0 Å². The highest BCUT2D eigenvalue weighted by molar-refractivity contribution is 7.89. The number of primary amides is 1. The third-order valence-corrected chi connectivity index (χ3v) is 4.76. The van der Waals surface area contributed by atoms with Crippen LogP contribution in [0.25, 0.3) is 0 Å². The molecule has 7 nitrogen and oxygen atoms in total. The number of benzene rings is 2. The number of sulfonamides is 1. The van der Waals surface area contributed by atoms with E-state index in [1.807, 2.05) is 0 Å². The number of rotatable bonds is 6. The van der Waals surface area contributed by atoms with Gasteiger partial charge in [-0.3, -0.25) is 9.59 Å². The van der Waals surface area contributed by atoms with Gasteiger partial charge in [0.15, 0.2) is 0 Å². The SMILES string of the molecule is CCNS(=O)(=O)c1ccc(C(=O)Nc2ccccc2C(N)=O)cc1. The van der Waals surface area contributed by atoms with Crippen molar-refractivity contribution in [3.8, 4) is 0 Å². The van der Waals surface area contributed by atoms with E-state index in [1.165, 1.54) is 30.3 Å². The quantitative estimate of drug-likeness (QED) is 0.730. The highest BCUT2D eigenvalue weighted by Crippen LogP contribution is 2.16. The Labute approximate surface area is 139 Å². The first-order valence-electron chi connectivity index (χ1n) is 7.15. The summed E-state index contributed by atoms with van der Waals surface area (Å²) in [6.45, 7) is 1.95. The Kier molecular flexibility index (Phi) is 5.32. The molecule has 0 aliphatic rings. The average molecular weight is 347 g/mol. The molecule has 2 aromatic rings. The molecular weight excluding hydrogens is 330 g/mol. The highest BCUT2D eigenvalue weighted by Gasteiger charge is 2.15. The monoisotopic (exact) mass is 347 g/mol. The maximum atomic E-state index is 12.2. The van der Waals surface area contributed by atoms with Gasteiger partial charge in [-0.2, -0.15) is 0 Å². The minimum atomic E-state index is -3.57. The lowest BCUT2D eigenvalue weighted by Crippen LogP contribution is -2.23. The van der Waals surface area contributed by atoms with Gasteiger partial charge in [-0.15, -0.1) is 0 Å². The fourth-order valence-electron chi connectivity index (χ4n) is 2.06. The second kappa shape index (κ2) is 7.24. The number of nitrogens with two attached hydrogens (primary N) is 1. The number of carbonyl (C=O) groups excluding carboxylic acids is 2. The third-order valence-electron chi connectivity index (χ3n) is 3.20. The lowest BCUT2D eigenvalue weighted by atomic mass is 10.1. The van der Waals surface area contributed by atoms with E-state index in [0.717, 1.165) is 0 Å². The summed E-state index contributed by atoms with van der Waals surface area (Å²) in [5, 5.41) is 2.59. The summed E-state index contributed by atoms with van der Waals surface area (Å²) in [7, 11) is -3.57. The first-order valence-corrected chi connectivity index (χ1v) is 8.63. The fourth-order valence-corrected chi connectivity index (χ4v) is 3.10. The van der Waals surface area contributed by atoms with E-state index in [9.17, 15) is 18.0 Å². The number of hydrogen-bond acceptors (Lipinski definition) is 4. The molecule has 0 aromatic heterocycles.